The summed E-state index contributed by atoms with van der Waals surface area (Å²) in [4.78, 5) is 4.16. The fourth-order valence-corrected chi connectivity index (χ4v) is 2.01. The standard InChI is InChI=1S/C12H13N3O/c1-13-9-4-5-15-8-10(14-12(15)7-9)11-3-2-6-16-11/h2-7,10,14H,8H2,1H3. The van der Waals surface area contributed by atoms with Gasteiger partial charge in [0, 0.05) is 19.3 Å². The lowest BCUT2D eigenvalue weighted by atomic mass is 10.2. The third-order valence-corrected chi connectivity index (χ3v) is 2.87. The summed E-state index contributed by atoms with van der Waals surface area (Å²) in [5.41, 5.74) is 0. The highest BCUT2D eigenvalue weighted by molar-refractivity contribution is 5.41. The van der Waals surface area contributed by atoms with E-state index in [0.29, 0.717) is 0 Å². The monoisotopic (exact) mass is 215 g/mol. The lowest BCUT2D eigenvalue weighted by Gasteiger charge is -2.04. The van der Waals surface area contributed by atoms with E-state index in [-0.39, 0.29) is 6.04 Å². The Morgan fingerprint density at radius 2 is 2.44 bits per heavy atom. The van der Waals surface area contributed by atoms with Crippen molar-refractivity contribution in [3.8, 4) is 0 Å². The topological polar surface area (TPSA) is 42.5 Å². The number of fused-ring (bicyclic) bond motifs is 1. The molecule has 4 heteroatoms. The molecule has 0 spiro atoms. The first kappa shape index (κ1) is 9.27. The van der Waals surface area contributed by atoms with Gasteiger partial charge in [0.25, 0.3) is 0 Å². The van der Waals surface area contributed by atoms with Crippen molar-refractivity contribution in [2.45, 2.75) is 12.6 Å². The summed E-state index contributed by atoms with van der Waals surface area (Å²) in [7, 11) is 1.80. The first-order valence-corrected chi connectivity index (χ1v) is 5.30. The first-order valence-electron chi connectivity index (χ1n) is 5.30. The molecule has 3 heterocycles. The SMILES string of the molecule is CN=c1ccn2c(c1)NC(c1ccco1)C2. The molecule has 0 fully saturated rings. The molecule has 82 valence electrons. The Hall–Kier alpha value is -1.97. The van der Waals surface area contributed by atoms with Gasteiger partial charge in [0.1, 0.15) is 17.6 Å². The van der Waals surface area contributed by atoms with Crippen molar-refractivity contribution >= 4 is 5.82 Å². The molecule has 0 saturated carbocycles. The van der Waals surface area contributed by atoms with Crippen LogP contribution in [0.3, 0.4) is 0 Å². The lowest BCUT2D eigenvalue weighted by Crippen LogP contribution is -2.05. The Bertz CT molecular complexity index is 554. The molecule has 0 bridgehead atoms. The zero-order valence-electron chi connectivity index (χ0n) is 9.05. The highest BCUT2D eigenvalue weighted by atomic mass is 16.3. The largest absolute Gasteiger partial charge is 0.467 e. The van der Waals surface area contributed by atoms with Gasteiger partial charge >= 0.3 is 0 Å². The van der Waals surface area contributed by atoms with Gasteiger partial charge in [0.05, 0.1) is 18.2 Å². The minimum atomic E-state index is 0.224. The molecule has 0 amide bonds. The zero-order valence-corrected chi connectivity index (χ0v) is 9.05. The molecule has 2 aromatic rings. The number of furan rings is 1. The molecule has 1 unspecified atom stereocenters. The molecular weight excluding hydrogens is 202 g/mol. The second-order valence-electron chi connectivity index (χ2n) is 3.86. The average molecular weight is 215 g/mol. The highest BCUT2D eigenvalue weighted by Gasteiger charge is 2.22. The van der Waals surface area contributed by atoms with Gasteiger partial charge < -0.3 is 14.3 Å². The lowest BCUT2D eigenvalue weighted by molar-refractivity contribution is 0.469. The molecule has 1 atom stereocenters. The van der Waals surface area contributed by atoms with Crippen LogP contribution in [0, 0.1) is 0 Å². The normalized spacial score (nSPS) is 19.6. The van der Waals surface area contributed by atoms with Gasteiger partial charge in [-0.1, -0.05) is 0 Å². The smallest absolute Gasteiger partial charge is 0.127 e. The van der Waals surface area contributed by atoms with Gasteiger partial charge in [-0.05, 0) is 18.2 Å². The van der Waals surface area contributed by atoms with Crippen molar-refractivity contribution in [1.29, 1.82) is 0 Å². The molecule has 3 rings (SSSR count). The fourth-order valence-electron chi connectivity index (χ4n) is 2.01. The summed E-state index contributed by atoms with van der Waals surface area (Å²) >= 11 is 0. The van der Waals surface area contributed by atoms with Crippen molar-refractivity contribution in [3.63, 3.8) is 0 Å². The minimum absolute atomic E-state index is 0.224. The molecule has 1 aliphatic rings. The minimum Gasteiger partial charge on any atom is -0.467 e. The van der Waals surface area contributed by atoms with Gasteiger partial charge in [-0.25, -0.2) is 0 Å². The number of hydrogen-bond acceptors (Lipinski definition) is 3. The molecule has 0 saturated heterocycles. The van der Waals surface area contributed by atoms with Crippen LogP contribution >= 0.6 is 0 Å². The van der Waals surface area contributed by atoms with Crippen molar-refractivity contribution < 1.29 is 4.42 Å². The van der Waals surface area contributed by atoms with Crippen molar-refractivity contribution in [2.75, 3.05) is 12.4 Å². The quantitative estimate of drug-likeness (QED) is 0.787. The maximum atomic E-state index is 5.41. The summed E-state index contributed by atoms with van der Waals surface area (Å²) in [6, 6.07) is 8.19. The Labute approximate surface area is 93.2 Å². The van der Waals surface area contributed by atoms with Crippen LogP contribution in [0.1, 0.15) is 11.8 Å². The van der Waals surface area contributed by atoms with Crippen LogP contribution in [0.4, 0.5) is 5.82 Å². The predicted molar refractivity (Wildman–Crippen MR) is 61.0 cm³/mol. The maximum absolute atomic E-state index is 5.41. The molecular formula is C12H13N3O. The number of anilines is 1. The van der Waals surface area contributed by atoms with E-state index in [0.717, 1.165) is 23.5 Å². The molecule has 1 N–H and O–H groups in total. The predicted octanol–water partition coefficient (Wildman–Crippen LogP) is 1.78. The summed E-state index contributed by atoms with van der Waals surface area (Å²) in [5, 5.41) is 4.41. The molecule has 0 radical (unpaired) electrons. The third kappa shape index (κ3) is 1.43. The summed E-state index contributed by atoms with van der Waals surface area (Å²) < 4.78 is 7.57. The van der Waals surface area contributed by atoms with Crippen molar-refractivity contribution in [1.82, 2.24) is 4.57 Å². The van der Waals surface area contributed by atoms with E-state index in [1.807, 2.05) is 30.5 Å². The Kier molecular flexibility index (Phi) is 2.06. The second-order valence-corrected chi connectivity index (χ2v) is 3.86. The summed E-state index contributed by atoms with van der Waals surface area (Å²) in [6.07, 6.45) is 3.76. The molecule has 0 aromatic carbocycles. The van der Waals surface area contributed by atoms with E-state index in [9.17, 15) is 0 Å². The Morgan fingerprint density at radius 1 is 1.50 bits per heavy atom. The van der Waals surface area contributed by atoms with Gasteiger partial charge in [-0.3, -0.25) is 4.99 Å². The van der Waals surface area contributed by atoms with Crippen LogP contribution < -0.4 is 10.7 Å². The van der Waals surface area contributed by atoms with Gasteiger partial charge in [-0.2, -0.15) is 0 Å². The second kappa shape index (κ2) is 3.56. The van der Waals surface area contributed by atoms with Crippen molar-refractivity contribution in [2.24, 2.45) is 4.99 Å². The molecule has 2 aromatic heterocycles. The maximum Gasteiger partial charge on any atom is 0.127 e. The fraction of sp³-hybridized carbons (Fsp3) is 0.250. The molecule has 4 nitrogen and oxygen atoms in total. The van der Waals surface area contributed by atoms with E-state index in [1.54, 1.807) is 13.3 Å². The van der Waals surface area contributed by atoms with Crippen LogP contribution in [0.25, 0.3) is 0 Å². The van der Waals surface area contributed by atoms with Crippen LogP contribution in [0.5, 0.6) is 0 Å². The van der Waals surface area contributed by atoms with Gasteiger partial charge in [0.15, 0.2) is 0 Å². The van der Waals surface area contributed by atoms with Crippen LogP contribution in [-0.4, -0.2) is 11.6 Å². The zero-order chi connectivity index (χ0) is 11.0. The highest BCUT2D eigenvalue weighted by Crippen LogP contribution is 2.27. The van der Waals surface area contributed by atoms with E-state index in [4.69, 9.17) is 4.42 Å². The average Bonchev–Trinajstić information content (AvgIpc) is 2.96. The van der Waals surface area contributed by atoms with E-state index >= 15 is 0 Å². The Balaban J connectivity index is 1.95. The summed E-state index contributed by atoms with van der Waals surface area (Å²) in [6.45, 7) is 0.896. The molecule has 1 aliphatic heterocycles. The van der Waals surface area contributed by atoms with E-state index in [1.165, 1.54) is 0 Å². The first-order chi connectivity index (χ1) is 7.86. The number of nitrogens with one attached hydrogen (secondary N) is 1. The van der Waals surface area contributed by atoms with Crippen LogP contribution in [0.2, 0.25) is 0 Å². The van der Waals surface area contributed by atoms with Gasteiger partial charge in [0.2, 0.25) is 0 Å². The van der Waals surface area contributed by atoms with Crippen LogP contribution in [-0.2, 0) is 6.54 Å². The number of nitrogens with zero attached hydrogens (tertiary/aromatic N) is 2. The third-order valence-electron chi connectivity index (χ3n) is 2.87. The van der Waals surface area contributed by atoms with Gasteiger partial charge in [-0.15, -0.1) is 0 Å². The number of hydrogen-bond donors (Lipinski definition) is 1. The molecule has 0 aliphatic carbocycles. The number of rotatable bonds is 1. The Morgan fingerprint density at radius 3 is 3.19 bits per heavy atom. The summed E-state index contributed by atoms with van der Waals surface area (Å²) in [5.74, 6) is 2.06. The number of pyridine rings is 1. The van der Waals surface area contributed by atoms with Crippen LogP contribution in [0.15, 0.2) is 46.1 Å². The van der Waals surface area contributed by atoms with E-state index < -0.39 is 0 Å². The van der Waals surface area contributed by atoms with E-state index in [2.05, 4.69) is 14.9 Å². The molecule has 16 heavy (non-hydrogen) atoms. The number of aromatic nitrogens is 1. The van der Waals surface area contributed by atoms with Crippen molar-refractivity contribution in [3.05, 3.63) is 47.8 Å².